The highest BCUT2D eigenvalue weighted by atomic mass is 16.2. The van der Waals surface area contributed by atoms with Crippen LogP contribution in [0.2, 0.25) is 0 Å². The smallest absolute Gasteiger partial charge is 0.272 e. The lowest BCUT2D eigenvalue weighted by molar-refractivity contribution is 0.0637. The molecule has 1 saturated heterocycles. The van der Waals surface area contributed by atoms with E-state index < -0.39 is 0 Å². The lowest BCUT2D eigenvalue weighted by Gasteiger charge is -2.33. The third-order valence-corrected chi connectivity index (χ3v) is 3.47. The molecule has 5 heteroatoms. The molecule has 104 valence electrons. The van der Waals surface area contributed by atoms with Gasteiger partial charge in [0.05, 0.1) is 11.9 Å². The maximum absolute atomic E-state index is 12.3. The summed E-state index contributed by atoms with van der Waals surface area (Å²) in [7, 11) is 0. The van der Waals surface area contributed by atoms with Crippen molar-refractivity contribution < 1.29 is 4.79 Å². The van der Waals surface area contributed by atoms with E-state index in [0.717, 1.165) is 45.0 Å². The number of aromatic nitrogens is 1. The van der Waals surface area contributed by atoms with Crippen LogP contribution in [0.1, 0.15) is 24.3 Å². The monoisotopic (exact) mass is 262 g/mol. The summed E-state index contributed by atoms with van der Waals surface area (Å²) >= 11 is 0. The average molecular weight is 262 g/mol. The van der Waals surface area contributed by atoms with Gasteiger partial charge in [-0.05, 0) is 25.6 Å². The van der Waals surface area contributed by atoms with Gasteiger partial charge in [-0.15, -0.1) is 0 Å². The number of pyridine rings is 1. The van der Waals surface area contributed by atoms with E-state index in [1.807, 2.05) is 17.9 Å². The van der Waals surface area contributed by atoms with Crippen LogP contribution in [-0.4, -0.2) is 60.0 Å². The Morgan fingerprint density at radius 2 is 2.00 bits per heavy atom. The van der Waals surface area contributed by atoms with Gasteiger partial charge in [0, 0.05) is 32.7 Å². The molecule has 19 heavy (non-hydrogen) atoms. The molecule has 0 spiro atoms. The van der Waals surface area contributed by atoms with Crippen LogP contribution >= 0.6 is 0 Å². The Hall–Kier alpha value is -1.62. The number of hydrogen-bond donors (Lipinski definition) is 1. The van der Waals surface area contributed by atoms with Gasteiger partial charge in [0.15, 0.2) is 0 Å². The van der Waals surface area contributed by atoms with Crippen molar-refractivity contribution in [2.24, 2.45) is 0 Å². The summed E-state index contributed by atoms with van der Waals surface area (Å²) < 4.78 is 0. The van der Waals surface area contributed by atoms with Gasteiger partial charge >= 0.3 is 0 Å². The number of rotatable bonds is 4. The molecule has 0 bridgehead atoms. The third kappa shape index (κ3) is 3.44. The minimum Gasteiger partial charge on any atom is -0.384 e. The average Bonchev–Trinajstić information content (AvgIpc) is 2.48. The molecule has 1 amide bonds. The summed E-state index contributed by atoms with van der Waals surface area (Å²) in [5, 5.41) is 3.17. The summed E-state index contributed by atoms with van der Waals surface area (Å²) in [6.45, 7) is 9.60. The van der Waals surface area contributed by atoms with Crippen LogP contribution in [0.25, 0.3) is 0 Å². The fraction of sp³-hybridized carbons (Fsp3) is 0.571. The number of amides is 1. The molecular formula is C14H22N4O. The molecule has 1 aromatic rings. The van der Waals surface area contributed by atoms with E-state index in [9.17, 15) is 4.79 Å². The van der Waals surface area contributed by atoms with Crippen molar-refractivity contribution >= 4 is 11.6 Å². The molecule has 0 atom stereocenters. The van der Waals surface area contributed by atoms with E-state index in [-0.39, 0.29) is 5.91 Å². The minimum atomic E-state index is 0.0406. The van der Waals surface area contributed by atoms with Crippen LogP contribution in [0.5, 0.6) is 0 Å². The quantitative estimate of drug-likeness (QED) is 0.888. The summed E-state index contributed by atoms with van der Waals surface area (Å²) in [5.41, 5.74) is 1.49. The molecule has 0 saturated carbocycles. The van der Waals surface area contributed by atoms with E-state index in [4.69, 9.17) is 0 Å². The maximum atomic E-state index is 12.3. The van der Waals surface area contributed by atoms with Crippen molar-refractivity contribution in [2.45, 2.75) is 13.8 Å². The topological polar surface area (TPSA) is 48.5 Å². The molecule has 1 aliphatic heterocycles. The van der Waals surface area contributed by atoms with Crippen molar-refractivity contribution in [1.82, 2.24) is 14.8 Å². The Bertz CT molecular complexity index is 410. The first-order valence-corrected chi connectivity index (χ1v) is 6.96. The Balaban J connectivity index is 1.96. The predicted molar refractivity (Wildman–Crippen MR) is 76.4 cm³/mol. The van der Waals surface area contributed by atoms with Crippen molar-refractivity contribution in [2.75, 3.05) is 44.6 Å². The standard InChI is InChI=1S/C14H22N4O/c1-3-15-12-5-6-13(16-11-12)14(19)18-9-7-17(4-2)8-10-18/h5-6,11,15H,3-4,7-10H2,1-2H3. The number of nitrogens with zero attached hydrogens (tertiary/aromatic N) is 3. The van der Waals surface area contributed by atoms with Gasteiger partial charge in [0.1, 0.15) is 5.69 Å². The van der Waals surface area contributed by atoms with Crippen molar-refractivity contribution in [3.63, 3.8) is 0 Å². The van der Waals surface area contributed by atoms with Crippen LogP contribution in [0.15, 0.2) is 18.3 Å². The lowest BCUT2D eigenvalue weighted by Crippen LogP contribution is -2.48. The SMILES string of the molecule is CCNc1ccc(C(=O)N2CCN(CC)CC2)nc1. The van der Waals surface area contributed by atoms with Gasteiger partial charge in [-0.2, -0.15) is 0 Å². The molecule has 1 N–H and O–H groups in total. The van der Waals surface area contributed by atoms with Crippen molar-refractivity contribution in [1.29, 1.82) is 0 Å². The first-order valence-electron chi connectivity index (χ1n) is 6.96. The van der Waals surface area contributed by atoms with Crippen LogP contribution in [0.3, 0.4) is 0 Å². The molecule has 0 radical (unpaired) electrons. The summed E-state index contributed by atoms with van der Waals surface area (Å²) in [4.78, 5) is 20.8. The van der Waals surface area contributed by atoms with Crippen LogP contribution in [0.4, 0.5) is 5.69 Å². The van der Waals surface area contributed by atoms with Gasteiger partial charge in [-0.25, -0.2) is 4.98 Å². The van der Waals surface area contributed by atoms with Gasteiger partial charge in [-0.1, -0.05) is 6.92 Å². The fourth-order valence-electron chi connectivity index (χ4n) is 2.26. The highest BCUT2D eigenvalue weighted by Gasteiger charge is 2.21. The highest BCUT2D eigenvalue weighted by molar-refractivity contribution is 5.92. The predicted octanol–water partition coefficient (Wildman–Crippen LogP) is 1.29. The van der Waals surface area contributed by atoms with E-state index in [2.05, 4.69) is 22.1 Å². The van der Waals surface area contributed by atoms with E-state index in [1.165, 1.54) is 0 Å². The normalized spacial score (nSPS) is 16.4. The lowest BCUT2D eigenvalue weighted by atomic mass is 10.2. The number of anilines is 1. The minimum absolute atomic E-state index is 0.0406. The first kappa shape index (κ1) is 13.8. The molecule has 2 heterocycles. The highest BCUT2D eigenvalue weighted by Crippen LogP contribution is 2.10. The van der Waals surface area contributed by atoms with Crippen LogP contribution in [-0.2, 0) is 0 Å². The van der Waals surface area contributed by atoms with Gasteiger partial charge in [0.25, 0.3) is 5.91 Å². The first-order chi connectivity index (χ1) is 9.24. The summed E-state index contributed by atoms with van der Waals surface area (Å²) in [6, 6.07) is 3.71. The van der Waals surface area contributed by atoms with E-state index >= 15 is 0 Å². The van der Waals surface area contributed by atoms with Crippen LogP contribution in [0, 0.1) is 0 Å². The molecule has 5 nitrogen and oxygen atoms in total. The molecule has 2 rings (SSSR count). The van der Waals surface area contributed by atoms with Gasteiger partial charge in [-0.3, -0.25) is 4.79 Å². The molecule has 0 aliphatic carbocycles. The zero-order valence-corrected chi connectivity index (χ0v) is 11.7. The number of piperazine rings is 1. The van der Waals surface area contributed by atoms with Gasteiger partial charge in [0.2, 0.25) is 0 Å². The Morgan fingerprint density at radius 1 is 1.26 bits per heavy atom. The van der Waals surface area contributed by atoms with E-state index in [1.54, 1.807) is 12.3 Å². The maximum Gasteiger partial charge on any atom is 0.272 e. The van der Waals surface area contributed by atoms with E-state index in [0.29, 0.717) is 5.69 Å². The molecule has 1 aromatic heterocycles. The van der Waals surface area contributed by atoms with Gasteiger partial charge < -0.3 is 15.1 Å². The largest absolute Gasteiger partial charge is 0.384 e. The molecule has 0 aromatic carbocycles. The molecular weight excluding hydrogens is 240 g/mol. The van der Waals surface area contributed by atoms with Crippen LogP contribution < -0.4 is 5.32 Å². The fourth-order valence-corrected chi connectivity index (χ4v) is 2.26. The number of hydrogen-bond acceptors (Lipinski definition) is 4. The second-order valence-electron chi connectivity index (χ2n) is 4.69. The Morgan fingerprint density at radius 3 is 2.53 bits per heavy atom. The number of carbonyl (C=O) groups excluding carboxylic acids is 1. The second kappa shape index (κ2) is 6.52. The summed E-state index contributed by atoms with van der Waals surface area (Å²) in [5.74, 6) is 0.0406. The number of nitrogens with one attached hydrogen (secondary N) is 1. The Kier molecular flexibility index (Phi) is 4.74. The summed E-state index contributed by atoms with van der Waals surface area (Å²) in [6.07, 6.45) is 1.72. The Labute approximate surface area is 114 Å². The van der Waals surface area contributed by atoms with Crippen molar-refractivity contribution in [3.05, 3.63) is 24.0 Å². The zero-order chi connectivity index (χ0) is 13.7. The molecule has 0 unspecified atom stereocenters. The molecule has 1 aliphatic rings. The third-order valence-electron chi connectivity index (χ3n) is 3.47. The van der Waals surface area contributed by atoms with Crippen molar-refractivity contribution in [3.8, 4) is 0 Å². The second-order valence-corrected chi connectivity index (χ2v) is 4.69. The molecule has 1 fully saturated rings. The number of likely N-dealkylation sites (N-methyl/N-ethyl adjacent to an activating group) is 1. The number of carbonyl (C=O) groups is 1. The zero-order valence-electron chi connectivity index (χ0n) is 11.7.